The van der Waals surface area contributed by atoms with Gasteiger partial charge in [0.25, 0.3) is 0 Å². The standard InChI is InChI=1S/C23H19N3O2S3/c1-14(27)26-11-10-16-19(13-26)31-23(25-20(28)9-8-15-5-4-12-29-15)21(16)22-24-17-6-2-3-7-18(17)30-22/h2-9,12H,10-11,13H2,1H3,(H,25,28)/b9-8+. The molecule has 1 aliphatic rings. The number of carbonyl (C=O) groups excluding carboxylic acids is 2. The number of thiophene rings is 2. The number of hydrogen-bond acceptors (Lipinski definition) is 6. The molecule has 0 saturated heterocycles. The summed E-state index contributed by atoms with van der Waals surface area (Å²) in [4.78, 5) is 33.4. The molecule has 1 N–H and O–H groups in total. The minimum atomic E-state index is -0.169. The van der Waals surface area contributed by atoms with Crippen LogP contribution >= 0.6 is 34.0 Å². The first-order valence-electron chi connectivity index (χ1n) is 9.87. The van der Waals surface area contributed by atoms with E-state index >= 15 is 0 Å². The average molecular weight is 466 g/mol. The van der Waals surface area contributed by atoms with Gasteiger partial charge in [-0.15, -0.1) is 34.0 Å². The molecule has 0 radical (unpaired) electrons. The minimum Gasteiger partial charge on any atom is -0.337 e. The molecule has 0 bridgehead atoms. The number of rotatable bonds is 4. The number of carbonyl (C=O) groups is 2. The molecule has 31 heavy (non-hydrogen) atoms. The molecule has 0 spiro atoms. The van der Waals surface area contributed by atoms with Gasteiger partial charge < -0.3 is 10.2 Å². The van der Waals surface area contributed by atoms with E-state index in [-0.39, 0.29) is 11.8 Å². The molecule has 5 rings (SSSR count). The number of nitrogens with one attached hydrogen (secondary N) is 1. The fourth-order valence-electron chi connectivity index (χ4n) is 3.66. The molecule has 0 aliphatic carbocycles. The van der Waals surface area contributed by atoms with Crippen molar-refractivity contribution in [2.75, 3.05) is 11.9 Å². The molecule has 8 heteroatoms. The van der Waals surface area contributed by atoms with Crippen molar-refractivity contribution >= 4 is 67.1 Å². The number of amides is 2. The van der Waals surface area contributed by atoms with E-state index in [4.69, 9.17) is 4.98 Å². The summed E-state index contributed by atoms with van der Waals surface area (Å²) in [6, 6.07) is 12.0. The molecular weight excluding hydrogens is 446 g/mol. The number of para-hydroxylation sites is 1. The Balaban J connectivity index is 1.53. The monoisotopic (exact) mass is 465 g/mol. The Bertz CT molecular complexity index is 1270. The maximum absolute atomic E-state index is 12.7. The van der Waals surface area contributed by atoms with Gasteiger partial charge in [-0.25, -0.2) is 4.98 Å². The smallest absolute Gasteiger partial charge is 0.249 e. The van der Waals surface area contributed by atoms with Gasteiger partial charge in [-0.05, 0) is 41.6 Å². The number of benzene rings is 1. The summed E-state index contributed by atoms with van der Waals surface area (Å²) in [7, 11) is 0. The van der Waals surface area contributed by atoms with Crippen molar-refractivity contribution in [2.24, 2.45) is 0 Å². The van der Waals surface area contributed by atoms with Gasteiger partial charge in [0.15, 0.2) is 0 Å². The molecule has 0 fully saturated rings. The number of nitrogens with zero attached hydrogens (tertiary/aromatic N) is 2. The zero-order valence-corrected chi connectivity index (χ0v) is 19.2. The van der Waals surface area contributed by atoms with E-state index in [1.165, 1.54) is 5.56 Å². The van der Waals surface area contributed by atoms with Crippen LogP contribution in [0.5, 0.6) is 0 Å². The van der Waals surface area contributed by atoms with E-state index in [9.17, 15) is 9.59 Å². The summed E-state index contributed by atoms with van der Waals surface area (Å²) in [5.74, 6) is -0.0946. The predicted molar refractivity (Wildman–Crippen MR) is 130 cm³/mol. The maximum atomic E-state index is 12.7. The molecule has 1 aromatic carbocycles. The zero-order chi connectivity index (χ0) is 21.4. The lowest BCUT2D eigenvalue weighted by Gasteiger charge is -2.25. The van der Waals surface area contributed by atoms with Crippen LogP contribution in [0, 0.1) is 0 Å². The van der Waals surface area contributed by atoms with E-state index in [0.717, 1.165) is 42.0 Å². The quantitative estimate of drug-likeness (QED) is 0.397. The highest BCUT2D eigenvalue weighted by atomic mass is 32.1. The first-order valence-corrected chi connectivity index (χ1v) is 12.4. The summed E-state index contributed by atoms with van der Waals surface area (Å²) in [5, 5.41) is 6.77. The van der Waals surface area contributed by atoms with Crippen LogP contribution in [0.3, 0.4) is 0 Å². The van der Waals surface area contributed by atoms with Crippen molar-refractivity contribution in [2.45, 2.75) is 19.9 Å². The molecule has 156 valence electrons. The molecule has 0 atom stereocenters. The van der Waals surface area contributed by atoms with Gasteiger partial charge in [0, 0.05) is 34.9 Å². The fourth-order valence-corrected chi connectivity index (χ4v) is 6.66. The number of anilines is 1. The Morgan fingerprint density at radius 1 is 1.16 bits per heavy atom. The van der Waals surface area contributed by atoms with Gasteiger partial charge in [0.1, 0.15) is 10.0 Å². The average Bonchev–Trinajstić information content (AvgIpc) is 3.49. The van der Waals surface area contributed by atoms with Crippen LogP contribution in [0.15, 0.2) is 47.9 Å². The molecule has 0 saturated carbocycles. The molecule has 3 aromatic heterocycles. The zero-order valence-electron chi connectivity index (χ0n) is 16.8. The van der Waals surface area contributed by atoms with Gasteiger partial charge in [-0.1, -0.05) is 18.2 Å². The molecule has 4 aromatic rings. The first kappa shape index (κ1) is 20.1. The summed E-state index contributed by atoms with van der Waals surface area (Å²) in [6.45, 7) is 2.86. The van der Waals surface area contributed by atoms with E-state index in [1.807, 2.05) is 46.7 Å². The Labute approximate surface area is 191 Å². The topological polar surface area (TPSA) is 62.3 Å². The molecular formula is C23H19N3O2S3. The van der Waals surface area contributed by atoms with Crippen LogP contribution < -0.4 is 5.32 Å². The van der Waals surface area contributed by atoms with E-state index in [1.54, 1.807) is 47.0 Å². The van der Waals surface area contributed by atoms with Gasteiger partial charge in [0.05, 0.1) is 16.8 Å². The largest absolute Gasteiger partial charge is 0.337 e. The SMILES string of the molecule is CC(=O)N1CCc2c(sc(NC(=O)/C=C/c3cccs3)c2-c2nc3ccccc3s2)C1. The van der Waals surface area contributed by atoms with Crippen LogP contribution in [0.2, 0.25) is 0 Å². The Morgan fingerprint density at radius 3 is 2.81 bits per heavy atom. The lowest BCUT2D eigenvalue weighted by atomic mass is 10.0. The van der Waals surface area contributed by atoms with Crippen LogP contribution in [0.4, 0.5) is 5.00 Å². The lowest BCUT2D eigenvalue weighted by molar-refractivity contribution is -0.129. The van der Waals surface area contributed by atoms with Crippen molar-refractivity contribution in [3.63, 3.8) is 0 Å². The highest BCUT2D eigenvalue weighted by Crippen LogP contribution is 2.45. The highest BCUT2D eigenvalue weighted by molar-refractivity contribution is 7.23. The Kier molecular flexibility index (Phi) is 5.43. The van der Waals surface area contributed by atoms with Gasteiger partial charge in [-0.2, -0.15) is 0 Å². The van der Waals surface area contributed by atoms with Crippen molar-refractivity contribution in [1.29, 1.82) is 0 Å². The minimum absolute atomic E-state index is 0.0741. The van der Waals surface area contributed by atoms with Crippen LogP contribution in [-0.2, 0) is 22.6 Å². The number of hydrogen-bond donors (Lipinski definition) is 1. The molecule has 4 heterocycles. The second kappa shape index (κ2) is 8.37. The summed E-state index contributed by atoms with van der Waals surface area (Å²) in [5.41, 5.74) is 3.15. The number of thiazole rings is 1. The Hall–Kier alpha value is -2.81. The summed E-state index contributed by atoms with van der Waals surface area (Å²) >= 11 is 4.77. The first-order chi connectivity index (χ1) is 15.1. The number of aromatic nitrogens is 1. The van der Waals surface area contributed by atoms with E-state index in [0.29, 0.717) is 13.1 Å². The third kappa shape index (κ3) is 4.06. The van der Waals surface area contributed by atoms with E-state index in [2.05, 4.69) is 11.4 Å². The molecule has 2 amide bonds. The van der Waals surface area contributed by atoms with Crippen LogP contribution in [0.25, 0.3) is 26.9 Å². The summed E-state index contributed by atoms with van der Waals surface area (Å²) in [6.07, 6.45) is 4.15. The lowest BCUT2D eigenvalue weighted by Crippen LogP contribution is -2.33. The maximum Gasteiger partial charge on any atom is 0.249 e. The van der Waals surface area contributed by atoms with Gasteiger partial charge in [0.2, 0.25) is 11.8 Å². The second-order valence-corrected chi connectivity index (χ2v) is 10.3. The third-order valence-corrected chi connectivity index (χ3v) is 8.21. The second-order valence-electron chi connectivity index (χ2n) is 7.22. The molecule has 0 unspecified atom stereocenters. The Morgan fingerprint density at radius 2 is 2.03 bits per heavy atom. The number of fused-ring (bicyclic) bond motifs is 2. The van der Waals surface area contributed by atoms with Crippen molar-refractivity contribution < 1.29 is 9.59 Å². The predicted octanol–water partition coefficient (Wildman–Crippen LogP) is 5.64. The summed E-state index contributed by atoms with van der Waals surface area (Å²) < 4.78 is 1.12. The van der Waals surface area contributed by atoms with E-state index < -0.39 is 0 Å². The van der Waals surface area contributed by atoms with Crippen molar-refractivity contribution in [1.82, 2.24) is 9.88 Å². The van der Waals surface area contributed by atoms with Crippen molar-refractivity contribution in [3.8, 4) is 10.6 Å². The highest BCUT2D eigenvalue weighted by Gasteiger charge is 2.28. The van der Waals surface area contributed by atoms with Crippen LogP contribution in [-0.4, -0.2) is 28.2 Å². The van der Waals surface area contributed by atoms with Crippen LogP contribution in [0.1, 0.15) is 22.2 Å². The molecule has 1 aliphatic heterocycles. The molecule has 5 nitrogen and oxygen atoms in total. The van der Waals surface area contributed by atoms with Crippen molar-refractivity contribution in [3.05, 3.63) is 63.2 Å². The third-order valence-electron chi connectivity index (χ3n) is 5.19. The van der Waals surface area contributed by atoms with Gasteiger partial charge in [-0.3, -0.25) is 9.59 Å². The fraction of sp³-hybridized carbons (Fsp3) is 0.174. The normalized spacial score (nSPS) is 13.6. The van der Waals surface area contributed by atoms with Gasteiger partial charge >= 0.3 is 0 Å².